The number of rotatable bonds is 8. The van der Waals surface area contributed by atoms with E-state index in [2.05, 4.69) is 0 Å². The average molecular weight is 546 g/mol. The average Bonchev–Trinajstić information content (AvgIpc) is 3.34. The molecule has 6 nitrogen and oxygen atoms in total. The molecule has 1 heterocycles. The number of ketones is 1. The van der Waals surface area contributed by atoms with Gasteiger partial charge in [0, 0.05) is 28.7 Å². The molecule has 1 aliphatic heterocycles. The van der Waals surface area contributed by atoms with Crippen LogP contribution < -0.4 is 19.4 Å². The van der Waals surface area contributed by atoms with Gasteiger partial charge in [-0.15, -0.1) is 5.10 Å². The van der Waals surface area contributed by atoms with Crippen molar-refractivity contribution in [3.63, 3.8) is 0 Å². The Balaban J connectivity index is 1.51. The Kier molecular flexibility index (Phi) is 7.54. The number of Topliss-reactive ketones (excluding diaryl/α,β-unsaturated/α-hetero) is 1. The highest BCUT2D eigenvalue weighted by atomic mass is 35.5. The molecule has 0 aromatic heterocycles. The lowest BCUT2D eigenvalue weighted by atomic mass is 10.1. The van der Waals surface area contributed by atoms with Crippen LogP contribution in [0.25, 0.3) is 0 Å². The van der Waals surface area contributed by atoms with Gasteiger partial charge < -0.3 is 9.47 Å². The van der Waals surface area contributed by atoms with Gasteiger partial charge in [0.05, 0.1) is 12.8 Å². The van der Waals surface area contributed by atoms with Crippen LogP contribution in [0.5, 0.6) is 11.5 Å². The summed E-state index contributed by atoms with van der Waals surface area (Å²) in [6, 6.07) is 30.3. The molecule has 192 valence electrons. The molecule has 5 rings (SSSR count). The predicted octanol–water partition coefficient (Wildman–Crippen LogP) is 7.51. The molecule has 4 aromatic carbocycles. The van der Waals surface area contributed by atoms with Crippen LogP contribution in [-0.2, 0) is 11.4 Å². The monoisotopic (exact) mass is 545 g/mol. The second-order valence-electron chi connectivity index (χ2n) is 8.73. The van der Waals surface area contributed by atoms with Crippen molar-refractivity contribution < 1.29 is 14.3 Å². The summed E-state index contributed by atoms with van der Waals surface area (Å²) in [6.07, 6.45) is -0.438. The highest BCUT2D eigenvalue weighted by molar-refractivity contribution is 6.44. The summed E-state index contributed by atoms with van der Waals surface area (Å²) in [6.45, 7) is 1.94. The van der Waals surface area contributed by atoms with Crippen LogP contribution in [0.3, 0.4) is 0 Å². The van der Waals surface area contributed by atoms with Crippen molar-refractivity contribution in [3.8, 4) is 11.5 Å². The highest BCUT2D eigenvalue weighted by Gasteiger charge is 2.39. The van der Waals surface area contributed by atoms with Crippen molar-refractivity contribution in [2.24, 2.45) is 5.10 Å². The zero-order chi connectivity index (χ0) is 26.6. The maximum absolute atomic E-state index is 12.8. The van der Waals surface area contributed by atoms with E-state index in [4.69, 9.17) is 37.8 Å². The van der Waals surface area contributed by atoms with Crippen molar-refractivity contribution in [2.45, 2.75) is 19.7 Å². The van der Waals surface area contributed by atoms with Crippen molar-refractivity contribution in [1.82, 2.24) is 0 Å². The van der Waals surface area contributed by atoms with Gasteiger partial charge in [-0.25, -0.2) is 5.01 Å². The van der Waals surface area contributed by atoms with E-state index in [0.29, 0.717) is 28.2 Å². The second kappa shape index (κ2) is 11.2. The highest BCUT2D eigenvalue weighted by Crippen LogP contribution is 2.40. The Morgan fingerprint density at radius 2 is 1.50 bits per heavy atom. The van der Waals surface area contributed by atoms with Crippen LogP contribution in [0.15, 0.2) is 102 Å². The van der Waals surface area contributed by atoms with Gasteiger partial charge in [0.2, 0.25) is 0 Å². The van der Waals surface area contributed by atoms with E-state index in [1.54, 1.807) is 19.2 Å². The second-order valence-corrected chi connectivity index (χ2v) is 9.60. The molecular weight excluding hydrogens is 521 g/mol. The summed E-state index contributed by atoms with van der Waals surface area (Å²) in [5.41, 5.74) is 3.52. The molecule has 0 N–H and O–H groups in total. The molecule has 1 atom stereocenters. The molecule has 0 radical (unpaired) electrons. The van der Waals surface area contributed by atoms with Crippen molar-refractivity contribution in [3.05, 3.63) is 118 Å². The predicted molar refractivity (Wildman–Crippen MR) is 152 cm³/mol. The largest absolute Gasteiger partial charge is 0.497 e. The Morgan fingerprint density at radius 3 is 2.13 bits per heavy atom. The van der Waals surface area contributed by atoms with Crippen LogP contribution in [0.4, 0.5) is 11.4 Å². The number of benzene rings is 4. The minimum absolute atomic E-state index is 0.155. The number of amidine groups is 1. The summed E-state index contributed by atoms with van der Waals surface area (Å²) in [7, 11) is 1.61. The van der Waals surface area contributed by atoms with Crippen molar-refractivity contribution >= 4 is 46.2 Å². The third-order valence-corrected chi connectivity index (χ3v) is 6.65. The minimum atomic E-state index is -0.438. The molecule has 8 heteroatoms. The van der Waals surface area contributed by atoms with E-state index in [1.165, 1.54) is 6.92 Å². The zero-order valence-corrected chi connectivity index (χ0v) is 22.4. The number of ether oxygens (including phenoxy) is 2. The van der Waals surface area contributed by atoms with E-state index in [0.717, 1.165) is 28.3 Å². The van der Waals surface area contributed by atoms with Crippen LogP contribution >= 0.6 is 23.2 Å². The van der Waals surface area contributed by atoms with Crippen LogP contribution in [-0.4, -0.2) is 18.7 Å². The fourth-order valence-electron chi connectivity index (χ4n) is 4.26. The molecule has 0 unspecified atom stereocenters. The van der Waals surface area contributed by atoms with Crippen LogP contribution in [0.1, 0.15) is 24.2 Å². The third-order valence-electron chi connectivity index (χ3n) is 6.14. The van der Waals surface area contributed by atoms with E-state index in [1.807, 2.05) is 94.8 Å². The fraction of sp³-hybridized carbons (Fsp3) is 0.133. The minimum Gasteiger partial charge on any atom is -0.497 e. The first-order valence-electron chi connectivity index (χ1n) is 12.0. The van der Waals surface area contributed by atoms with Gasteiger partial charge in [-0.3, -0.25) is 9.69 Å². The number of hydrazone groups is 1. The van der Waals surface area contributed by atoms with Gasteiger partial charge in [-0.05, 0) is 71.8 Å². The lowest BCUT2D eigenvalue weighted by molar-refractivity contribution is -0.111. The topological polar surface area (TPSA) is 54.4 Å². The van der Waals surface area contributed by atoms with Gasteiger partial charge in [0.1, 0.15) is 18.1 Å². The normalized spacial score (nSPS) is 14.8. The van der Waals surface area contributed by atoms with Gasteiger partial charge in [-0.1, -0.05) is 53.5 Å². The molecular formula is C30H25Cl2N3O3. The maximum Gasteiger partial charge on any atom is 0.198 e. The Hall–Kier alpha value is -4.00. The van der Waals surface area contributed by atoms with Crippen molar-refractivity contribution in [1.29, 1.82) is 0 Å². The SMILES string of the molecule is COc1cccc(N2C(C(C)=O)=NN(c3ccc(Cl)cc3)[C@@H]2c2ccc(OCc3ccc(Cl)cc3)cc2)c1. The summed E-state index contributed by atoms with van der Waals surface area (Å²) >= 11 is 12.1. The first-order valence-corrected chi connectivity index (χ1v) is 12.7. The van der Waals surface area contributed by atoms with Gasteiger partial charge >= 0.3 is 0 Å². The number of methoxy groups -OCH3 is 1. The molecule has 0 amide bonds. The Morgan fingerprint density at radius 1 is 0.842 bits per heavy atom. The number of hydrogen-bond donors (Lipinski definition) is 0. The van der Waals surface area contributed by atoms with Crippen LogP contribution in [0, 0.1) is 0 Å². The maximum atomic E-state index is 12.8. The lowest BCUT2D eigenvalue weighted by Crippen LogP contribution is -2.37. The molecule has 4 aromatic rings. The van der Waals surface area contributed by atoms with E-state index in [-0.39, 0.29) is 5.78 Å². The van der Waals surface area contributed by atoms with E-state index >= 15 is 0 Å². The number of hydrogen-bond acceptors (Lipinski definition) is 6. The quantitative estimate of drug-likeness (QED) is 0.229. The molecule has 0 spiro atoms. The molecule has 38 heavy (non-hydrogen) atoms. The summed E-state index contributed by atoms with van der Waals surface area (Å²) in [5, 5.41) is 7.90. The number of carbonyl (C=O) groups is 1. The molecule has 0 aliphatic carbocycles. The molecule has 0 fully saturated rings. The van der Waals surface area contributed by atoms with E-state index in [9.17, 15) is 4.79 Å². The first-order chi connectivity index (χ1) is 18.4. The summed E-state index contributed by atoms with van der Waals surface area (Å²) in [5.74, 6) is 1.57. The lowest BCUT2D eigenvalue weighted by Gasteiger charge is -2.32. The number of halogens is 2. The molecule has 0 saturated heterocycles. The Bertz CT molecular complexity index is 1460. The van der Waals surface area contributed by atoms with Crippen molar-refractivity contribution in [2.75, 3.05) is 17.0 Å². The van der Waals surface area contributed by atoms with Gasteiger partial charge in [-0.2, -0.15) is 0 Å². The molecule has 1 aliphatic rings. The summed E-state index contributed by atoms with van der Waals surface area (Å²) in [4.78, 5) is 14.7. The zero-order valence-electron chi connectivity index (χ0n) is 20.8. The van der Waals surface area contributed by atoms with E-state index < -0.39 is 6.17 Å². The summed E-state index contributed by atoms with van der Waals surface area (Å²) < 4.78 is 11.4. The number of anilines is 2. The smallest absolute Gasteiger partial charge is 0.198 e. The van der Waals surface area contributed by atoms with Gasteiger partial charge in [0.25, 0.3) is 0 Å². The van der Waals surface area contributed by atoms with Crippen LogP contribution in [0.2, 0.25) is 10.0 Å². The Labute approximate surface area is 231 Å². The standard InChI is InChI=1S/C30H25Cl2N3O3/c1-20(36)29-33-35(25-14-12-24(32)13-15-25)30(34(29)26-4-3-5-28(18-26)37-2)22-8-16-27(17-9-22)38-19-21-6-10-23(31)11-7-21/h3-18,30H,19H2,1-2H3/t30-/m1/s1. The third kappa shape index (κ3) is 5.47. The molecule has 0 bridgehead atoms. The number of nitrogens with zero attached hydrogens (tertiary/aromatic N) is 3. The van der Waals surface area contributed by atoms with Gasteiger partial charge in [0.15, 0.2) is 17.8 Å². The first kappa shape index (κ1) is 25.6. The fourth-order valence-corrected chi connectivity index (χ4v) is 4.51. The molecule has 0 saturated carbocycles. The number of carbonyl (C=O) groups excluding carboxylic acids is 1.